The van der Waals surface area contributed by atoms with Crippen molar-refractivity contribution in [1.29, 1.82) is 0 Å². The lowest BCUT2D eigenvalue weighted by Crippen LogP contribution is -2.31. The molecule has 3 aliphatic rings. The molecule has 0 amide bonds. The number of hydrogen-bond donors (Lipinski definition) is 0. The van der Waals surface area contributed by atoms with Crippen LogP contribution < -0.4 is 4.74 Å². The normalized spacial score (nSPS) is 31.8. The standard InChI is InChI=1S/C31H48F2O/c1-3-5-19-34-29-18-17-28(30(32)31(29)33)27-16-15-25-20-24(13-14-26(25)21-27)12-11-23-9-7-22(6-4-2)8-10-23/h17-18,22-27H,3-16,19-21H2,1-2H3. The summed E-state index contributed by atoms with van der Waals surface area (Å²) in [6.07, 6.45) is 20.6. The van der Waals surface area contributed by atoms with E-state index in [-0.39, 0.29) is 11.7 Å². The average Bonchev–Trinajstić information content (AvgIpc) is 2.86. The van der Waals surface area contributed by atoms with E-state index in [2.05, 4.69) is 13.8 Å². The minimum atomic E-state index is -0.789. The van der Waals surface area contributed by atoms with Gasteiger partial charge in [0.15, 0.2) is 11.6 Å². The zero-order valence-electron chi connectivity index (χ0n) is 21.8. The van der Waals surface area contributed by atoms with Crippen LogP contribution in [-0.2, 0) is 0 Å². The molecule has 1 aromatic rings. The van der Waals surface area contributed by atoms with Crippen molar-refractivity contribution in [2.45, 2.75) is 122 Å². The van der Waals surface area contributed by atoms with Crippen molar-refractivity contribution in [3.63, 3.8) is 0 Å². The van der Waals surface area contributed by atoms with Crippen LogP contribution in [0.4, 0.5) is 8.78 Å². The van der Waals surface area contributed by atoms with Gasteiger partial charge in [0, 0.05) is 0 Å². The third kappa shape index (κ3) is 6.55. The van der Waals surface area contributed by atoms with E-state index in [1.165, 1.54) is 77.0 Å². The van der Waals surface area contributed by atoms with Crippen molar-refractivity contribution in [3.8, 4) is 5.75 Å². The number of halogens is 2. The molecule has 3 fully saturated rings. The predicted octanol–water partition coefficient (Wildman–Crippen LogP) is 9.83. The van der Waals surface area contributed by atoms with Gasteiger partial charge in [-0.15, -0.1) is 0 Å². The zero-order valence-corrected chi connectivity index (χ0v) is 21.8. The molecule has 192 valence electrons. The van der Waals surface area contributed by atoms with E-state index < -0.39 is 11.6 Å². The van der Waals surface area contributed by atoms with Crippen LogP contribution in [0.1, 0.15) is 128 Å². The Bertz CT molecular complexity index is 754. The summed E-state index contributed by atoms with van der Waals surface area (Å²) in [5.74, 6) is 3.17. The first-order chi connectivity index (χ1) is 16.6. The van der Waals surface area contributed by atoms with E-state index in [1.807, 2.05) is 0 Å². The molecule has 0 bridgehead atoms. The molecule has 3 saturated carbocycles. The van der Waals surface area contributed by atoms with Crippen LogP contribution in [0.3, 0.4) is 0 Å². The smallest absolute Gasteiger partial charge is 0.200 e. The SMILES string of the molecule is CCCCOc1ccc(C2CCC3CC(CCC4CCC(CCC)CC4)CCC3C2)c(F)c1F. The van der Waals surface area contributed by atoms with Gasteiger partial charge in [-0.1, -0.05) is 84.1 Å². The Morgan fingerprint density at radius 1 is 0.706 bits per heavy atom. The van der Waals surface area contributed by atoms with Crippen LogP contribution in [0.2, 0.25) is 0 Å². The number of ether oxygens (including phenoxy) is 1. The predicted molar refractivity (Wildman–Crippen MR) is 137 cm³/mol. The lowest BCUT2D eigenvalue weighted by Gasteiger charge is -2.43. The fraction of sp³-hybridized carbons (Fsp3) is 0.806. The highest BCUT2D eigenvalue weighted by Crippen LogP contribution is 2.49. The first-order valence-electron chi connectivity index (χ1n) is 14.7. The molecule has 34 heavy (non-hydrogen) atoms. The lowest BCUT2D eigenvalue weighted by atomic mass is 9.63. The Morgan fingerprint density at radius 2 is 1.35 bits per heavy atom. The van der Waals surface area contributed by atoms with Crippen molar-refractivity contribution in [2.24, 2.45) is 29.6 Å². The summed E-state index contributed by atoms with van der Waals surface area (Å²) in [7, 11) is 0. The quantitative estimate of drug-likeness (QED) is 0.307. The fourth-order valence-electron chi connectivity index (χ4n) is 7.52. The van der Waals surface area contributed by atoms with Gasteiger partial charge in [0.2, 0.25) is 5.82 Å². The third-order valence-corrected chi connectivity index (χ3v) is 9.64. The molecule has 1 nitrogen and oxygen atoms in total. The molecule has 0 radical (unpaired) electrons. The second kappa shape index (κ2) is 12.7. The van der Waals surface area contributed by atoms with Gasteiger partial charge in [-0.2, -0.15) is 4.39 Å². The average molecular weight is 475 g/mol. The summed E-state index contributed by atoms with van der Waals surface area (Å²) < 4.78 is 35.0. The maximum absolute atomic E-state index is 14.9. The van der Waals surface area contributed by atoms with Gasteiger partial charge in [0.05, 0.1) is 6.61 Å². The molecule has 0 N–H and O–H groups in total. The molecule has 0 saturated heterocycles. The summed E-state index contributed by atoms with van der Waals surface area (Å²) in [5.41, 5.74) is 0.583. The number of fused-ring (bicyclic) bond motifs is 1. The number of unbranched alkanes of at least 4 members (excludes halogenated alkanes) is 1. The van der Waals surface area contributed by atoms with Crippen molar-refractivity contribution in [3.05, 3.63) is 29.3 Å². The molecule has 4 rings (SSSR count). The van der Waals surface area contributed by atoms with E-state index in [0.717, 1.165) is 49.4 Å². The Balaban J connectivity index is 1.24. The Labute approximate surface area is 207 Å². The number of benzene rings is 1. The molecular weight excluding hydrogens is 426 g/mol. The van der Waals surface area contributed by atoms with Gasteiger partial charge in [-0.05, 0) is 85.7 Å². The summed E-state index contributed by atoms with van der Waals surface area (Å²) in [6, 6.07) is 3.45. The summed E-state index contributed by atoms with van der Waals surface area (Å²) in [6.45, 7) is 4.83. The molecule has 3 aliphatic carbocycles. The first-order valence-corrected chi connectivity index (χ1v) is 14.7. The number of rotatable bonds is 10. The van der Waals surface area contributed by atoms with E-state index in [1.54, 1.807) is 12.1 Å². The van der Waals surface area contributed by atoms with Gasteiger partial charge < -0.3 is 4.74 Å². The molecule has 0 heterocycles. The van der Waals surface area contributed by atoms with Crippen LogP contribution in [0.25, 0.3) is 0 Å². The van der Waals surface area contributed by atoms with Crippen LogP contribution in [0.5, 0.6) is 5.75 Å². The van der Waals surface area contributed by atoms with Crippen molar-refractivity contribution < 1.29 is 13.5 Å². The second-order valence-electron chi connectivity index (χ2n) is 11.9. The molecule has 4 unspecified atom stereocenters. The Hall–Kier alpha value is -1.12. The van der Waals surface area contributed by atoms with Crippen LogP contribution >= 0.6 is 0 Å². The minimum Gasteiger partial charge on any atom is -0.490 e. The summed E-state index contributed by atoms with van der Waals surface area (Å²) in [5, 5.41) is 0. The Kier molecular flexibility index (Phi) is 9.71. The molecule has 0 aromatic heterocycles. The molecule has 4 atom stereocenters. The highest BCUT2D eigenvalue weighted by atomic mass is 19.2. The fourth-order valence-corrected chi connectivity index (χ4v) is 7.52. The van der Waals surface area contributed by atoms with E-state index in [9.17, 15) is 8.78 Å². The third-order valence-electron chi connectivity index (χ3n) is 9.64. The molecule has 1 aromatic carbocycles. The highest BCUT2D eigenvalue weighted by Gasteiger charge is 2.37. The van der Waals surface area contributed by atoms with Gasteiger partial charge in [0.1, 0.15) is 0 Å². The van der Waals surface area contributed by atoms with Crippen LogP contribution in [-0.4, -0.2) is 6.61 Å². The van der Waals surface area contributed by atoms with Crippen LogP contribution in [0.15, 0.2) is 12.1 Å². The highest BCUT2D eigenvalue weighted by molar-refractivity contribution is 5.33. The Morgan fingerprint density at radius 3 is 2.09 bits per heavy atom. The van der Waals surface area contributed by atoms with E-state index in [4.69, 9.17) is 4.74 Å². The van der Waals surface area contributed by atoms with Crippen molar-refractivity contribution in [2.75, 3.05) is 6.61 Å². The topological polar surface area (TPSA) is 9.23 Å². The molecular formula is C31H48F2O. The summed E-state index contributed by atoms with van der Waals surface area (Å²) in [4.78, 5) is 0. The molecule has 3 heteroatoms. The summed E-state index contributed by atoms with van der Waals surface area (Å²) >= 11 is 0. The maximum Gasteiger partial charge on any atom is 0.200 e. The molecule has 0 spiro atoms. The van der Waals surface area contributed by atoms with Gasteiger partial charge in [-0.25, -0.2) is 4.39 Å². The second-order valence-corrected chi connectivity index (χ2v) is 11.9. The van der Waals surface area contributed by atoms with E-state index in [0.29, 0.717) is 18.1 Å². The number of hydrogen-bond acceptors (Lipinski definition) is 1. The lowest BCUT2D eigenvalue weighted by molar-refractivity contribution is 0.108. The monoisotopic (exact) mass is 474 g/mol. The van der Waals surface area contributed by atoms with Gasteiger partial charge in [0.25, 0.3) is 0 Å². The molecule has 0 aliphatic heterocycles. The van der Waals surface area contributed by atoms with E-state index >= 15 is 0 Å². The van der Waals surface area contributed by atoms with Gasteiger partial charge in [-0.3, -0.25) is 0 Å². The first kappa shape index (κ1) is 26.0. The minimum absolute atomic E-state index is 0.0720. The maximum atomic E-state index is 14.9. The van der Waals surface area contributed by atoms with Crippen molar-refractivity contribution in [1.82, 2.24) is 0 Å². The van der Waals surface area contributed by atoms with Crippen molar-refractivity contribution >= 4 is 0 Å². The largest absolute Gasteiger partial charge is 0.490 e. The van der Waals surface area contributed by atoms with Crippen LogP contribution in [0, 0.1) is 41.2 Å². The van der Waals surface area contributed by atoms with Gasteiger partial charge >= 0.3 is 0 Å². The zero-order chi connectivity index (χ0) is 23.9.